The van der Waals surface area contributed by atoms with Crippen LogP contribution in [-0.4, -0.2) is 68.2 Å². The maximum absolute atomic E-state index is 12.8. The van der Waals surface area contributed by atoms with Crippen LogP contribution in [0, 0.1) is 0 Å². The van der Waals surface area contributed by atoms with Gasteiger partial charge in [0, 0.05) is 45.0 Å². The van der Waals surface area contributed by atoms with E-state index in [1.165, 1.54) is 0 Å². The number of rotatable bonds is 7. The maximum Gasteiger partial charge on any atom is 0.227 e. The Morgan fingerprint density at radius 2 is 1.76 bits per heavy atom. The summed E-state index contributed by atoms with van der Waals surface area (Å²) >= 11 is 0. The third-order valence-electron chi connectivity index (χ3n) is 5.20. The van der Waals surface area contributed by atoms with Crippen LogP contribution in [0.1, 0.15) is 17.7 Å². The van der Waals surface area contributed by atoms with Gasteiger partial charge in [-0.1, -0.05) is 12.1 Å². The molecule has 0 saturated carbocycles. The molecule has 0 unspecified atom stereocenters. The molecule has 0 atom stereocenters. The Bertz CT molecular complexity index is 810. The molecule has 0 bridgehead atoms. The van der Waals surface area contributed by atoms with Crippen LogP contribution in [0.15, 0.2) is 36.5 Å². The smallest absolute Gasteiger partial charge is 0.227 e. The van der Waals surface area contributed by atoms with Crippen molar-refractivity contribution in [2.24, 2.45) is 0 Å². The van der Waals surface area contributed by atoms with Crippen molar-refractivity contribution < 1.29 is 19.0 Å². The van der Waals surface area contributed by atoms with Gasteiger partial charge in [-0.2, -0.15) is 0 Å². The van der Waals surface area contributed by atoms with Crippen LogP contribution in [0.3, 0.4) is 0 Å². The predicted molar refractivity (Wildman–Crippen MR) is 111 cm³/mol. The minimum Gasteiger partial charge on any atom is -0.497 e. The Balaban J connectivity index is 1.58. The lowest BCUT2D eigenvalue weighted by Crippen LogP contribution is -2.36. The highest BCUT2D eigenvalue weighted by molar-refractivity contribution is 5.78. The largest absolute Gasteiger partial charge is 0.497 e. The van der Waals surface area contributed by atoms with Crippen LogP contribution < -0.4 is 14.2 Å². The molecule has 1 fully saturated rings. The summed E-state index contributed by atoms with van der Waals surface area (Å²) in [6.07, 6.45) is 3.08. The van der Waals surface area contributed by atoms with Gasteiger partial charge in [-0.3, -0.25) is 14.7 Å². The number of amides is 1. The van der Waals surface area contributed by atoms with Crippen molar-refractivity contribution in [1.29, 1.82) is 0 Å². The summed E-state index contributed by atoms with van der Waals surface area (Å²) in [5.74, 6) is 2.32. The number of hydrogen-bond acceptors (Lipinski definition) is 6. The number of pyridine rings is 1. The first kappa shape index (κ1) is 20.9. The number of ether oxygens (including phenoxy) is 3. The quantitative estimate of drug-likeness (QED) is 0.712. The minimum atomic E-state index is 0.161. The number of methoxy groups -OCH3 is 3. The zero-order valence-electron chi connectivity index (χ0n) is 17.4. The van der Waals surface area contributed by atoms with Crippen molar-refractivity contribution in [3.05, 3.63) is 47.8 Å². The van der Waals surface area contributed by atoms with Crippen molar-refractivity contribution in [1.82, 2.24) is 14.8 Å². The number of benzene rings is 1. The molecular weight excluding hydrogens is 370 g/mol. The summed E-state index contributed by atoms with van der Waals surface area (Å²) in [5.41, 5.74) is 1.85. The molecular formula is C22H29N3O4. The van der Waals surface area contributed by atoms with Crippen molar-refractivity contribution in [3.63, 3.8) is 0 Å². The summed E-state index contributed by atoms with van der Waals surface area (Å²) < 4.78 is 16.0. The third kappa shape index (κ3) is 5.38. The monoisotopic (exact) mass is 399 g/mol. The number of aromatic nitrogens is 1. The Hall–Kier alpha value is -2.80. The first-order valence-electron chi connectivity index (χ1n) is 9.83. The van der Waals surface area contributed by atoms with Crippen LogP contribution in [-0.2, 0) is 17.8 Å². The molecule has 7 heteroatoms. The lowest BCUT2D eigenvalue weighted by molar-refractivity contribution is -0.130. The first-order chi connectivity index (χ1) is 14.1. The number of nitrogens with zero attached hydrogens (tertiary/aromatic N) is 3. The highest BCUT2D eigenvalue weighted by atomic mass is 16.5. The Morgan fingerprint density at radius 1 is 0.966 bits per heavy atom. The van der Waals surface area contributed by atoms with Crippen molar-refractivity contribution in [3.8, 4) is 17.2 Å². The van der Waals surface area contributed by atoms with E-state index >= 15 is 0 Å². The van der Waals surface area contributed by atoms with Gasteiger partial charge in [-0.25, -0.2) is 0 Å². The lowest BCUT2D eigenvalue weighted by Gasteiger charge is -2.22. The minimum absolute atomic E-state index is 0.161. The van der Waals surface area contributed by atoms with E-state index in [4.69, 9.17) is 14.2 Å². The topological polar surface area (TPSA) is 64.1 Å². The van der Waals surface area contributed by atoms with Gasteiger partial charge >= 0.3 is 0 Å². The first-order valence-corrected chi connectivity index (χ1v) is 9.83. The van der Waals surface area contributed by atoms with E-state index in [0.717, 1.165) is 43.1 Å². The van der Waals surface area contributed by atoms with E-state index in [1.54, 1.807) is 33.6 Å². The molecule has 1 aromatic carbocycles. The SMILES string of the molecule is COc1ccc(CC(=O)N2CCCN(Cc3nccc(OC)c3OC)CC2)cc1. The average Bonchev–Trinajstić information content (AvgIpc) is 2.99. The van der Waals surface area contributed by atoms with Crippen molar-refractivity contribution >= 4 is 5.91 Å². The second kappa shape index (κ2) is 10.1. The molecule has 0 radical (unpaired) electrons. The summed E-state index contributed by atoms with van der Waals surface area (Å²) in [4.78, 5) is 21.5. The fourth-order valence-corrected chi connectivity index (χ4v) is 3.58. The molecule has 0 spiro atoms. The molecule has 1 saturated heterocycles. The third-order valence-corrected chi connectivity index (χ3v) is 5.20. The van der Waals surface area contributed by atoms with Crippen LogP contribution >= 0.6 is 0 Å². The highest BCUT2D eigenvalue weighted by Gasteiger charge is 2.21. The predicted octanol–water partition coefficient (Wildman–Crippen LogP) is 2.38. The summed E-state index contributed by atoms with van der Waals surface area (Å²) in [7, 11) is 4.89. The molecule has 156 valence electrons. The van der Waals surface area contributed by atoms with Crippen molar-refractivity contribution in [2.75, 3.05) is 47.5 Å². The Labute approximate surface area is 172 Å². The molecule has 1 aromatic heterocycles. The molecule has 29 heavy (non-hydrogen) atoms. The highest BCUT2D eigenvalue weighted by Crippen LogP contribution is 2.30. The lowest BCUT2D eigenvalue weighted by atomic mass is 10.1. The number of hydrogen-bond donors (Lipinski definition) is 0. The zero-order chi connectivity index (χ0) is 20.6. The van der Waals surface area contributed by atoms with E-state index in [-0.39, 0.29) is 5.91 Å². The van der Waals surface area contributed by atoms with Crippen LogP contribution in [0.5, 0.6) is 17.2 Å². The maximum atomic E-state index is 12.8. The zero-order valence-corrected chi connectivity index (χ0v) is 17.4. The van der Waals surface area contributed by atoms with E-state index in [9.17, 15) is 4.79 Å². The van der Waals surface area contributed by atoms with Gasteiger partial charge in [0.25, 0.3) is 0 Å². The van der Waals surface area contributed by atoms with Gasteiger partial charge in [-0.05, 0) is 24.1 Å². The normalized spacial score (nSPS) is 14.9. The molecule has 2 aromatic rings. The molecule has 7 nitrogen and oxygen atoms in total. The average molecular weight is 399 g/mol. The van der Waals surface area contributed by atoms with Gasteiger partial charge in [-0.15, -0.1) is 0 Å². The van der Waals surface area contributed by atoms with Gasteiger partial charge in [0.2, 0.25) is 5.91 Å². The molecule has 1 amide bonds. The van der Waals surface area contributed by atoms with Gasteiger partial charge in [0.05, 0.1) is 27.8 Å². The van der Waals surface area contributed by atoms with Crippen molar-refractivity contribution in [2.45, 2.75) is 19.4 Å². The Morgan fingerprint density at radius 3 is 2.45 bits per heavy atom. The molecule has 2 heterocycles. The second-order valence-corrected chi connectivity index (χ2v) is 7.03. The van der Waals surface area contributed by atoms with Crippen LogP contribution in [0.4, 0.5) is 0 Å². The summed E-state index contributed by atoms with van der Waals surface area (Å²) in [6.45, 7) is 3.86. The number of carbonyl (C=O) groups excluding carboxylic acids is 1. The fraction of sp³-hybridized carbons (Fsp3) is 0.455. The van der Waals surface area contributed by atoms with Gasteiger partial charge in [0.1, 0.15) is 11.4 Å². The molecule has 3 rings (SSSR count). The van der Waals surface area contributed by atoms with Crippen LogP contribution in [0.25, 0.3) is 0 Å². The standard InChI is InChI=1S/C22H29N3O4/c1-27-18-7-5-17(6-8-18)15-21(26)25-12-4-11-24(13-14-25)16-19-22(29-3)20(28-2)9-10-23-19/h5-10H,4,11-16H2,1-3H3. The molecule has 1 aliphatic rings. The van der Waals surface area contributed by atoms with Crippen LogP contribution in [0.2, 0.25) is 0 Å². The second-order valence-electron chi connectivity index (χ2n) is 7.03. The van der Waals surface area contributed by atoms with E-state index in [2.05, 4.69) is 9.88 Å². The van der Waals surface area contributed by atoms with Gasteiger partial charge < -0.3 is 19.1 Å². The molecule has 1 aliphatic heterocycles. The summed E-state index contributed by atoms with van der Waals surface area (Å²) in [6, 6.07) is 9.47. The molecule has 0 N–H and O–H groups in total. The van der Waals surface area contributed by atoms with E-state index < -0.39 is 0 Å². The van der Waals surface area contributed by atoms with E-state index in [0.29, 0.717) is 31.0 Å². The summed E-state index contributed by atoms with van der Waals surface area (Å²) in [5, 5.41) is 0. The van der Waals surface area contributed by atoms with E-state index in [1.807, 2.05) is 29.2 Å². The Kier molecular flexibility index (Phi) is 7.30. The number of carbonyl (C=O) groups is 1. The van der Waals surface area contributed by atoms with Gasteiger partial charge in [0.15, 0.2) is 11.5 Å². The molecule has 0 aliphatic carbocycles. The fourth-order valence-electron chi connectivity index (χ4n) is 3.58.